The zero-order valence-corrected chi connectivity index (χ0v) is 12.8. The van der Waals surface area contributed by atoms with Crippen LogP contribution in [0.15, 0.2) is 24.3 Å². The third kappa shape index (κ3) is 4.81. The van der Waals surface area contributed by atoms with Gasteiger partial charge in [-0.25, -0.2) is 0 Å². The molecule has 118 valence electrons. The van der Waals surface area contributed by atoms with Crippen molar-refractivity contribution in [1.29, 1.82) is 0 Å². The summed E-state index contributed by atoms with van der Waals surface area (Å²) in [6.45, 7) is 2.68. The molecule has 1 aromatic rings. The second-order valence-electron chi connectivity index (χ2n) is 5.03. The topological polar surface area (TPSA) is 21.3 Å². The van der Waals surface area contributed by atoms with E-state index < -0.39 is 6.36 Å². The molecule has 1 aliphatic heterocycles. The lowest BCUT2D eigenvalue weighted by Crippen LogP contribution is -2.32. The van der Waals surface area contributed by atoms with Crippen LogP contribution < -0.4 is 10.1 Å². The maximum absolute atomic E-state index is 12.6. The standard InChI is InChI=1S/C15H20F3NOS/c1-2-19-14(13-9-5-6-10-21-13)11-7-3-4-8-12(11)20-15(16,17)18/h3-4,7-8,13-14,19H,2,5-6,9-10H2,1H3. The Morgan fingerprint density at radius 3 is 2.71 bits per heavy atom. The lowest BCUT2D eigenvalue weighted by Gasteiger charge is -2.31. The monoisotopic (exact) mass is 319 g/mol. The number of para-hydroxylation sites is 1. The Balaban J connectivity index is 2.26. The molecule has 1 heterocycles. The van der Waals surface area contributed by atoms with Gasteiger partial charge in [-0.15, -0.1) is 13.2 Å². The number of hydrogen-bond donors (Lipinski definition) is 1. The number of benzene rings is 1. The lowest BCUT2D eigenvalue weighted by molar-refractivity contribution is -0.275. The van der Waals surface area contributed by atoms with Gasteiger partial charge in [-0.1, -0.05) is 31.5 Å². The number of ether oxygens (including phenoxy) is 1. The Morgan fingerprint density at radius 2 is 2.10 bits per heavy atom. The quantitative estimate of drug-likeness (QED) is 0.862. The fraction of sp³-hybridized carbons (Fsp3) is 0.600. The Bertz CT molecular complexity index is 447. The molecule has 1 aromatic carbocycles. The van der Waals surface area contributed by atoms with Crippen molar-refractivity contribution in [3.05, 3.63) is 29.8 Å². The molecule has 0 saturated carbocycles. The van der Waals surface area contributed by atoms with Crippen LogP contribution in [0.1, 0.15) is 37.8 Å². The van der Waals surface area contributed by atoms with Crippen LogP contribution in [0, 0.1) is 0 Å². The van der Waals surface area contributed by atoms with E-state index in [1.807, 2.05) is 18.7 Å². The van der Waals surface area contributed by atoms with E-state index in [1.165, 1.54) is 12.5 Å². The normalized spacial score (nSPS) is 21.0. The van der Waals surface area contributed by atoms with Crippen molar-refractivity contribution >= 4 is 11.8 Å². The minimum absolute atomic E-state index is 0.0953. The van der Waals surface area contributed by atoms with Crippen LogP contribution in [0.5, 0.6) is 5.75 Å². The highest BCUT2D eigenvalue weighted by molar-refractivity contribution is 8.00. The Labute approximate surface area is 127 Å². The molecule has 0 aliphatic carbocycles. The first-order chi connectivity index (χ1) is 10.0. The van der Waals surface area contributed by atoms with Gasteiger partial charge in [-0.2, -0.15) is 11.8 Å². The summed E-state index contributed by atoms with van der Waals surface area (Å²) in [5.41, 5.74) is 0.594. The molecule has 2 nitrogen and oxygen atoms in total. The zero-order valence-electron chi connectivity index (χ0n) is 12.0. The van der Waals surface area contributed by atoms with Gasteiger partial charge >= 0.3 is 6.36 Å². The van der Waals surface area contributed by atoms with Crippen molar-refractivity contribution in [3.63, 3.8) is 0 Å². The van der Waals surface area contributed by atoms with Crippen molar-refractivity contribution in [2.24, 2.45) is 0 Å². The fourth-order valence-corrected chi connectivity index (χ4v) is 4.09. The van der Waals surface area contributed by atoms with Gasteiger partial charge in [0, 0.05) is 16.9 Å². The highest BCUT2D eigenvalue weighted by atomic mass is 32.2. The predicted molar refractivity (Wildman–Crippen MR) is 79.6 cm³/mol. The molecule has 21 heavy (non-hydrogen) atoms. The van der Waals surface area contributed by atoms with Crippen LogP contribution in [-0.4, -0.2) is 23.9 Å². The molecule has 0 radical (unpaired) electrons. The number of halogens is 3. The lowest BCUT2D eigenvalue weighted by atomic mass is 9.98. The van der Waals surface area contributed by atoms with Gasteiger partial charge in [-0.3, -0.25) is 0 Å². The summed E-state index contributed by atoms with van der Waals surface area (Å²) in [6, 6.07) is 6.33. The second-order valence-corrected chi connectivity index (χ2v) is 6.37. The summed E-state index contributed by atoms with van der Waals surface area (Å²) in [4.78, 5) is 0. The van der Waals surface area contributed by atoms with Gasteiger partial charge in [0.15, 0.2) is 0 Å². The average Bonchev–Trinajstić information content (AvgIpc) is 2.45. The van der Waals surface area contributed by atoms with E-state index in [1.54, 1.807) is 18.2 Å². The molecule has 2 atom stereocenters. The van der Waals surface area contributed by atoms with E-state index in [0.29, 0.717) is 12.1 Å². The third-order valence-corrected chi connectivity index (χ3v) is 4.95. The minimum atomic E-state index is -4.66. The van der Waals surface area contributed by atoms with E-state index in [4.69, 9.17) is 0 Å². The van der Waals surface area contributed by atoms with Gasteiger partial charge in [-0.05, 0) is 31.2 Å². The van der Waals surface area contributed by atoms with Crippen molar-refractivity contribution in [3.8, 4) is 5.75 Å². The fourth-order valence-electron chi connectivity index (χ4n) is 2.65. The molecule has 1 saturated heterocycles. The van der Waals surface area contributed by atoms with Gasteiger partial charge in [0.2, 0.25) is 0 Å². The second kappa shape index (κ2) is 7.40. The van der Waals surface area contributed by atoms with E-state index in [9.17, 15) is 13.2 Å². The summed E-state index contributed by atoms with van der Waals surface area (Å²) in [5.74, 6) is 0.969. The predicted octanol–water partition coefficient (Wildman–Crippen LogP) is 4.52. The van der Waals surface area contributed by atoms with Gasteiger partial charge in [0.1, 0.15) is 5.75 Å². The van der Waals surface area contributed by atoms with Gasteiger partial charge in [0.25, 0.3) is 0 Å². The van der Waals surface area contributed by atoms with Crippen molar-refractivity contribution in [1.82, 2.24) is 5.32 Å². The third-order valence-electron chi connectivity index (χ3n) is 3.49. The highest BCUT2D eigenvalue weighted by Crippen LogP contribution is 2.39. The van der Waals surface area contributed by atoms with Crippen LogP contribution in [-0.2, 0) is 0 Å². The van der Waals surface area contributed by atoms with Crippen LogP contribution >= 0.6 is 11.8 Å². The van der Waals surface area contributed by atoms with E-state index >= 15 is 0 Å². The molecule has 0 amide bonds. The van der Waals surface area contributed by atoms with Crippen LogP contribution in [0.3, 0.4) is 0 Å². The molecule has 0 aromatic heterocycles. The number of rotatable bonds is 5. The van der Waals surface area contributed by atoms with Crippen molar-refractivity contribution < 1.29 is 17.9 Å². The number of alkyl halides is 3. The average molecular weight is 319 g/mol. The highest BCUT2D eigenvalue weighted by Gasteiger charge is 2.34. The van der Waals surface area contributed by atoms with Gasteiger partial charge in [0.05, 0.1) is 0 Å². The zero-order chi connectivity index (χ0) is 15.3. The van der Waals surface area contributed by atoms with Crippen LogP contribution in [0.4, 0.5) is 13.2 Å². The first-order valence-corrected chi connectivity index (χ1v) is 8.26. The summed E-state index contributed by atoms with van der Waals surface area (Å²) in [5, 5.41) is 3.62. The Morgan fingerprint density at radius 1 is 1.33 bits per heavy atom. The van der Waals surface area contributed by atoms with Crippen molar-refractivity contribution in [2.75, 3.05) is 12.3 Å². The first-order valence-electron chi connectivity index (χ1n) is 7.21. The molecule has 2 unspecified atom stereocenters. The SMILES string of the molecule is CCNC(c1ccccc1OC(F)(F)F)C1CCCCS1. The van der Waals surface area contributed by atoms with E-state index in [-0.39, 0.29) is 17.0 Å². The summed E-state index contributed by atoms with van der Waals surface area (Å²) < 4.78 is 41.9. The Kier molecular flexibility index (Phi) is 5.81. The summed E-state index contributed by atoms with van der Waals surface area (Å²) in [6.07, 6.45) is -1.34. The van der Waals surface area contributed by atoms with E-state index in [0.717, 1.165) is 18.6 Å². The number of thioether (sulfide) groups is 1. The summed E-state index contributed by atoms with van der Waals surface area (Å²) in [7, 11) is 0. The van der Waals surface area contributed by atoms with E-state index in [2.05, 4.69) is 10.1 Å². The van der Waals surface area contributed by atoms with Crippen molar-refractivity contribution in [2.45, 2.75) is 43.8 Å². The maximum Gasteiger partial charge on any atom is 0.573 e. The molecule has 1 aliphatic rings. The molecule has 0 bridgehead atoms. The molecule has 2 rings (SSSR count). The number of nitrogens with one attached hydrogen (secondary N) is 1. The molecule has 0 spiro atoms. The minimum Gasteiger partial charge on any atom is -0.405 e. The molecular formula is C15H20F3NOS. The Hall–Kier alpha value is -0.880. The molecule has 1 N–H and O–H groups in total. The van der Waals surface area contributed by atoms with Crippen LogP contribution in [0.25, 0.3) is 0 Å². The summed E-state index contributed by atoms with van der Waals surface area (Å²) >= 11 is 1.83. The maximum atomic E-state index is 12.6. The first kappa shape index (κ1) is 16.5. The molecule has 1 fully saturated rings. The molecular weight excluding hydrogens is 299 g/mol. The largest absolute Gasteiger partial charge is 0.573 e. The van der Waals surface area contributed by atoms with Gasteiger partial charge < -0.3 is 10.1 Å². The van der Waals surface area contributed by atoms with Crippen LogP contribution in [0.2, 0.25) is 0 Å². The molecule has 6 heteroatoms. The number of hydrogen-bond acceptors (Lipinski definition) is 3. The smallest absolute Gasteiger partial charge is 0.405 e.